The third kappa shape index (κ3) is 1.95. The summed E-state index contributed by atoms with van der Waals surface area (Å²) >= 11 is 0. The predicted molar refractivity (Wildman–Crippen MR) is 69.7 cm³/mol. The molecule has 5 nitrogen and oxygen atoms in total. The lowest BCUT2D eigenvalue weighted by Crippen LogP contribution is -2.65. The van der Waals surface area contributed by atoms with Crippen LogP contribution >= 0.6 is 0 Å². The zero-order chi connectivity index (χ0) is 14.3. The van der Waals surface area contributed by atoms with Gasteiger partial charge in [-0.15, -0.1) is 0 Å². The van der Waals surface area contributed by atoms with Gasteiger partial charge in [-0.2, -0.15) is 0 Å². The highest BCUT2D eigenvalue weighted by Crippen LogP contribution is 2.51. The second-order valence-corrected chi connectivity index (χ2v) is 5.81. The molecule has 2 aliphatic carbocycles. The average Bonchev–Trinajstić information content (AvgIpc) is 3.16. The van der Waals surface area contributed by atoms with Gasteiger partial charge in [0, 0.05) is 18.6 Å². The van der Waals surface area contributed by atoms with E-state index in [-0.39, 0.29) is 23.5 Å². The van der Waals surface area contributed by atoms with E-state index >= 15 is 0 Å². The molecule has 2 aliphatic rings. The summed E-state index contributed by atoms with van der Waals surface area (Å²) in [7, 11) is 1.70. The Morgan fingerprint density at radius 2 is 1.89 bits per heavy atom. The van der Waals surface area contributed by atoms with Crippen molar-refractivity contribution in [2.75, 3.05) is 7.11 Å². The zero-order valence-electron chi connectivity index (χ0n) is 11.9. The lowest BCUT2D eigenvalue weighted by atomic mass is 9.58. The van der Waals surface area contributed by atoms with Crippen LogP contribution in [0, 0.1) is 10.8 Å². The fourth-order valence-corrected chi connectivity index (χ4v) is 3.44. The van der Waals surface area contributed by atoms with Gasteiger partial charge < -0.3 is 15.2 Å². The van der Waals surface area contributed by atoms with Crippen molar-refractivity contribution in [3.05, 3.63) is 0 Å². The molecule has 0 bridgehead atoms. The van der Waals surface area contributed by atoms with Crippen molar-refractivity contribution in [1.29, 1.82) is 0 Å². The first-order valence-electron chi connectivity index (χ1n) is 7.04. The Labute approximate surface area is 113 Å². The van der Waals surface area contributed by atoms with E-state index in [0.29, 0.717) is 12.8 Å². The van der Waals surface area contributed by atoms with Crippen molar-refractivity contribution in [2.24, 2.45) is 10.8 Å². The molecule has 0 aromatic rings. The summed E-state index contributed by atoms with van der Waals surface area (Å²) in [6.45, 7) is 4.19. The molecule has 0 heterocycles. The van der Waals surface area contributed by atoms with E-state index in [4.69, 9.17) is 9.84 Å². The second kappa shape index (κ2) is 4.78. The van der Waals surface area contributed by atoms with Crippen molar-refractivity contribution in [3.63, 3.8) is 0 Å². The third-order valence-corrected chi connectivity index (χ3v) is 5.29. The van der Waals surface area contributed by atoms with E-state index in [2.05, 4.69) is 19.2 Å². The first-order valence-corrected chi connectivity index (χ1v) is 7.04. The maximum atomic E-state index is 12.2. The van der Waals surface area contributed by atoms with E-state index in [1.165, 1.54) is 0 Å². The molecule has 0 aromatic carbocycles. The van der Waals surface area contributed by atoms with Crippen LogP contribution in [0.3, 0.4) is 0 Å². The van der Waals surface area contributed by atoms with Gasteiger partial charge in [-0.05, 0) is 32.1 Å². The van der Waals surface area contributed by atoms with E-state index in [0.717, 1.165) is 19.3 Å². The summed E-state index contributed by atoms with van der Waals surface area (Å²) in [5.74, 6) is -1.31. The highest BCUT2D eigenvalue weighted by atomic mass is 16.5. The molecular formula is C14H23NO4. The molecule has 2 saturated carbocycles. The summed E-state index contributed by atoms with van der Waals surface area (Å²) < 4.78 is 5.48. The first kappa shape index (κ1) is 14.3. The Morgan fingerprint density at radius 1 is 1.32 bits per heavy atom. The van der Waals surface area contributed by atoms with E-state index in [9.17, 15) is 9.59 Å². The molecule has 0 saturated heterocycles. The Bertz CT molecular complexity index is 385. The normalized spacial score (nSPS) is 30.3. The molecule has 5 heteroatoms. The maximum absolute atomic E-state index is 12.2. The number of aliphatic carboxylic acids is 1. The van der Waals surface area contributed by atoms with Gasteiger partial charge in [0.1, 0.15) is 5.41 Å². The molecule has 0 aliphatic heterocycles. The lowest BCUT2D eigenvalue weighted by molar-refractivity contribution is -0.155. The van der Waals surface area contributed by atoms with E-state index in [1.54, 1.807) is 7.11 Å². The van der Waals surface area contributed by atoms with Gasteiger partial charge in [0.25, 0.3) is 0 Å². The minimum atomic E-state index is -1.15. The number of nitrogens with one attached hydrogen (secondary N) is 1. The molecular weight excluding hydrogens is 246 g/mol. The standard InChI is InChI=1S/C14H23NO4/c1-4-13(5-2)9(8-10(13)19-3)15-11(16)14(6-7-14)12(17)18/h9-10H,4-8H2,1-3H3,(H,15,16)(H,17,18)/t9-,10-/m1/s1. The van der Waals surface area contributed by atoms with Crippen LogP contribution < -0.4 is 5.32 Å². The predicted octanol–water partition coefficient (Wildman–Crippen LogP) is 1.56. The molecule has 108 valence electrons. The highest BCUT2D eigenvalue weighted by molar-refractivity contribution is 6.05. The van der Waals surface area contributed by atoms with Crippen LogP contribution in [0.2, 0.25) is 0 Å². The summed E-state index contributed by atoms with van der Waals surface area (Å²) in [4.78, 5) is 23.3. The lowest BCUT2D eigenvalue weighted by Gasteiger charge is -2.55. The van der Waals surface area contributed by atoms with Crippen molar-refractivity contribution < 1.29 is 19.4 Å². The Kier molecular flexibility index (Phi) is 3.60. The van der Waals surface area contributed by atoms with E-state index < -0.39 is 11.4 Å². The molecule has 2 N–H and O–H groups in total. The van der Waals surface area contributed by atoms with Crippen molar-refractivity contribution in [2.45, 2.75) is 58.1 Å². The zero-order valence-corrected chi connectivity index (χ0v) is 11.9. The topological polar surface area (TPSA) is 75.6 Å². The Hall–Kier alpha value is -1.10. The number of carboxylic acid groups (broad SMARTS) is 1. The molecule has 1 amide bonds. The first-order chi connectivity index (χ1) is 8.96. The van der Waals surface area contributed by atoms with Gasteiger partial charge in [0.2, 0.25) is 5.91 Å². The van der Waals surface area contributed by atoms with E-state index in [1.807, 2.05) is 0 Å². The van der Waals surface area contributed by atoms with Gasteiger partial charge >= 0.3 is 5.97 Å². The molecule has 19 heavy (non-hydrogen) atoms. The van der Waals surface area contributed by atoms with Gasteiger partial charge in [0.15, 0.2) is 0 Å². The molecule has 2 rings (SSSR count). The monoisotopic (exact) mass is 269 g/mol. The summed E-state index contributed by atoms with van der Waals surface area (Å²) in [6, 6.07) is 0.0387. The third-order valence-electron chi connectivity index (χ3n) is 5.29. The number of rotatable bonds is 6. The fraction of sp³-hybridized carbons (Fsp3) is 0.857. The SMILES string of the molecule is CCC1(CC)[C@H](NC(=O)C2(C(=O)O)CC2)C[C@H]1OC. The van der Waals surface area contributed by atoms with Crippen LogP contribution in [-0.4, -0.2) is 36.2 Å². The number of methoxy groups -OCH3 is 1. The minimum absolute atomic E-state index is 0.0387. The van der Waals surface area contributed by atoms with Gasteiger partial charge in [0.05, 0.1) is 6.10 Å². The smallest absolute Gasteiger partial charge is 0.319 e. The summed E-state index contributed by atoms with van der Waals surface area (Å²) in [6.07, 6.45) is 3.70. The molecule has 2 atom stereocenters. The fourth-order valence-electron chi connectivity index (χ4n) is 3.44. The van der Waals surface area contributed by atoms with Crippen LogP contribution in [0.15, 0.2) is 0 Å². The number of carboxylic acids is 1. The Balaban J connectivity index is 2.04. The van der Waals surface area contributed by atoms with Crippen molar-refractivity contribution in [1.82, 2.24) is 5.32 Å². The molecule has 2 fully saturated rings. The number of hydrogen-bond donors (Lipinski definition) is 2. The van der Waals surface area contributed by atoms with Crippen LogP contribution in [-0.2, 0) is 14.3 Å². The van der Waals surface area contributed by atoms with Crippen LogP contribution in [0.25, 0.3) is 0 Å². The maximum Gasteiger partial charge on any atom is 0.319 e. The molecule has 0 radical (unpaired) electrons. The van der Waals surface area contributed by atoms with Crippen molar-refractivity contribution in [3.8, 4) is 0 Å². The highest BCUT2D eigenvalue weighted by Gasteiger charge is 2.60. The van der Waals surface area contributed by atoms with Gasteiger partial charge in [-0.25, -0.2) is 0 Å². The number of hydrogen-bond acceptors (Lipinski definition) is 3. The quantitative estimate of drug-likeness (QED) is 0.718. The van der Waals surface area contributed by atoms with Crippen LogP contribution in [0.5, 0.6) is 0 Å². The average molecular weight is 269 g/mol. The molecule has 0 aromatic heterocycles. The van der Waals surface area contributed by atoms with Crippen LogP contribution in [0.1, 0.15) is 46.0 Å². The summed E-state index contributed by atoms with van der Waals surface area (Å²) in [5.41, 5.74) is -1.19. The van der Waals surface area contributed by atoms with Crippen molar-refractivity contribution >= 4 is 11.9 Å². The number of ether oxygens (including phenoxy) is 1. The minimum Gasteiger partial charge on any atom is -0.480 e. The van der Waals surface area contributed by atoms with Gasteiger partial charge in [-0.3, -0.25) is 9.59 Å². The molecule has 0 spiro atoms. The van der Waals surface area contributed by atoms with Gasteiger partial charge in [-0.1, -0.05) is 13.8 Å². The number of carbonyl (C=O) groups excluding carboxylic acids is 1. The van der Waals surface area contributed by atoms with Crippen LogP contribution in [0.4, 0.5) is 0 Å². The number of carbonyl (C=O) groups is 2. The largest absolute Gasteiger partial charge is 0.480 e. The summed E-state index contributed by atoms with van der Waals surface area (Å²) in [5, 5.41) is 12.1. The Morgan fingerprint density at radius 3 is 2.26 bits per heavy atom. The number of amides is 1. The second-order valence-electron chi connectivity index (χ2n) is 5.81. The molecule has 0 unspecified atom stereocenters.